The molecule has 0 radical (unpaired) electrons. The van der Waals surface area contributed by atoms with Crippen LogP contribution in [-0.4, -0.2) is 63.3 Å². The van der Waals surface area contributed by atoms with E-state index in [1.54, 1.807) is 0 Å². The van der Waals surface area contributed by atoms with E-state index in [0.717, 1.165) is 39.4 Å². The van der Waals surface area contributed by atoms with Gasteiger partial charge in [-0.05, 0) is 27.6 Å². The largest absolute Gasteiger partial charge is 0.380 e. The summed E-state index contributed by atoms with van der Waals surface area (Å²) >= 11 is 0. The molecule has 0 atom stereocenters. The lowest BCUT2D eigenvalue weighted by Crippen LogP contribution is -2.32. The molecule has 3 nitrogen and oxygen atoms in total. The average molecular weight is 188 g/mol. The molecule has 80 valence electrons. The van der Waals surface area contributed by atoms with Crippen molar-refractivity contribution in [2.45, 2.75) is 13.8 Å². The molecule has 0 aliphatic heterocycles. The summed E-state index contributed by atoms with van der Waals surface area (Å²) in [6.07, 6.45) is 0. The van der Waals surface area contributed by atoms with E-state index < -0.39 is 0 Å². The van der Waals surface area contributed by atoms with E-state index >= 15 is 0 Å². The first-order valence-electron chi connectivity index (χ1n) is 5.15. The lowest BCUT2D eigenvalue weighted by atomic mass is 10.4. The van der Waals surface area contributed by atoms with Gasteiger partial charge in [-0.2, -0.15) is 0 Å². The summed E-state index contributed by atoms with van der Waals surface area (Å²) in [4.78, 5) is 4.62. The van der Waals surface area contributed by atoms with Crippen molar-refractivity contribution in [3.05, 3.63) is 0 Å². The van der Waals surface area contributed by atoms with Crippen molar-refractivity contribution in [2.24, 2.45) is 0 Å². The lowest BCUT2D eigenvalue weighted by molar-refractivity contribution is 0.119. The number of likely N-dealkylation sites (N-methyl/N-ethyl adjacent to an activating group) is 2. The quantitative estimate of drug-likeness (QED) is 0.527. The molecule has 0 saturated carbocycles. The number of rotatable bonds is 8. The molecule has 13 heavy (non-hydrogen) atoms. The van der Waals surface area contributed by atoms with E-state index in [0.29, 0.717) is 0 Å². The van der Waals surface area contributed by atoms with Gasteiger partial charge in [0.15, 0.2) is 0 Å². The third kappa shape index (κ3) is 8.22. The molecule has 0 aromatic rings. The first-order chi connectivity index (χ1) is 6.20. The Morgan fingerprint density at radius 1 is 0.923 bits per heavy atom. The third-order valence-electron chi connectivity index (χ3n) is 2.22. The van der Waals surface area contributed by atoms with Crippen LogP contribution >= 0.6 is 0 Å². The monoisotopic (exact) mass is 188 g/mol. The molecular weight excluding hydrogens is 164 g/mol. The van der Waals surface area contributed by atoms with Crippen LogP contribution in [0.4, 0.5) is 0 Å². The van der Waals surface area contributed by atoms with Crippen molar-refractivity contribution in [3.8, 4) is 0 Å². The predicted octanol–water partition coefficient (Wildman–Crippen LogP) is 0.906. The van der Waals surface area contributed by atoms with Crippen LogP contribution < -0.4 is 0 Å². The molecule has 0 aromatic carbocycles. The van der Waals surface area contributed by atoms with Crippen LogP contribution in [0.5, 0.6) is 0 Å². The second-order valence-corrected chi connectivity index (χ2v) is 3.40. The normalized spacial score (nSPS) is 11.5. The van der Waals surface area contributed by atoms with Crippen molar-refractivity contribution in [1.82, 2.24) is 9.80 Å². The van der Waals surface area contributed by atoms with Gasteiger partial charge in [0, 0.05) is 26.2 Å². The number of ether oxygens (including phenoxy) is 1. The Bertz CT molecular complexity index is 109. The zero-order valence-electron chi connectivity index (χ0n) is 9.55. The van der Waals surface area contributed by atoms with E-state index in [9.17, 15) is 0 Å². The van der Waals surface area contributed by atoms with Gasteiger partial charge < -0.3 is 14.5 Å². The zero-order valence-corrected chi connectivity index (χ0v) is 9.55. The highest BCUT2D eigenvalue weighted by atomic mass is 16.5. The first-order valence-corrected chi connectivity index (χ1v) is 5.15. The highest BCUT2D eigenvalue weighted by Gasteiger charge is 1.99. The topological polar surface area (TPSA) is 15.7 Å². The predicted molar refractivity (Wildman–Crippen MR) is 57.2 cm³/mol. The fourth-order valence-corrected chi connectivity index (χ4v) is 0.976. The molecule has 0 aliphatic carbocycles. The van der Waals surface area contributed by atoms with Crippen LogP contribution in [0.1, 0.15) is 13.8 Å². The fraction of sp³-hybridized carbons (Fsp3) is 1.00. The van der Waals surface area contributed by atoms with Crippen LogP contribution in [0.25, 0.3) is 0 Å². The Morgan fingerprint density at radius 2 is 1.54 bits per heavy atom. The summed E-state index contributed by atoms with van der Waals surface area (Å²) in [7, 11) is 4.29. The standard InChI is InChI=1S/C10H24N2O/c1-5-11(3)7-8-12(4)9-10-13-6-2/h5-10H2,1-4H3. The van der Waals surface area contributed by atoms with E-state index in [1.165, 1.54) is 0 Å². The second-order valence-electron chi connectivity index (χ2n) is 3.40. The SMILES string of the molecule is CCOCCN(C)CCN(C)CC. The van der Waals surface area contributed by atoms with Crippen molar-refractivity contribution >= 4 is 0 Å². The smallest absolute Gasteiger partial charge is 0.0593 e. The highest BCUT2D eigenvalue weighted by Crippen LogP contribution is 1.86. The number of nitrogens with zero attached hydrogens (tertiary/aromatic N) is 2. The number of hydrogen-bond donors (Lipinski definition) is 0. The molecule has 0 aromatic heterocycles. The third-order valence-corrected chi connectivity index (χ3v) is 2.22. The molecule has 0 saturated heterocycles. The molecule has 0 heterocycles. The van der Waals surface area contributed by atoms with E-state index in [-0.39, 0.29) is 0 Å². The Morgan fingerprint density at radius 3 is 2.08 bits per heavy atom. The molecule has 3 heteroatoms. The lowest BCUT2D eigenvalue weighted by Gasteiger charge is -2.20. The van der Waals surface area contributed by atoms with Gasteiger partial charge in [0.05, 0.1) is 6.61 Å². The van der Waals surface area contributed by atoms with Gasteiger partial charge in [-0.15, -0.1) is 0 Å². The van der Waals surface area contributed by atoms with Gasteiger partial charge in [0.1, 0.15) is 0 Å². The fourth-order valence-electron chi connectivity index (χ4n) is 0.976. The minimum Gasteiger partial charge on any atom is -0.380 e. The van der Waals surface area contributed by atoms with Crippen molar-refractivity contribution in [2.75, 3.05) is 53.5 Å². The molecule has 0 fully saturated rings. The van der Waals surface area contributed by atoms with E-state index in [4.69, 9.17) is 4.74 Å². The van der Waals surface area contributed by atoms with Gasteiger partial charge in [0.25, 0.3) is 0 Å². The first kappa shape index (κ1) is 12.9. The maximum Gasteiger partial charge on any atom is 0.0593 e. The average Bonchev–Trinajstić information content (AvgIpc) is 2.14. The Hall–Kier alpha value is -0.120. The minimum absolute atomic E-state index is 0.822. The molecule has 0 N–H and O–H groups in total. The molecule has 0 amide bonds. The highest BCUT2D eigenvalue weighted by molar-refractivity contribution is 4.54. The molecule has 0 aliphatic rings. The van der Waals surface area contributed by atoms with E-state index in [1.807, 2.05) is 6.92 Å². The molecule has 0 spiro atoms. The Balaban J connectivity index is 3.24. The summed E-state index contributed by atoms with van der Waals surface area (Å²) in [6.45, 7) is 10.3. The van der Waals surface area contributed by atoms with Gasteiger partial charge in [0.2, 0.25) is 0 Å². The van der Waals surface area contributed by atoms with Crippen LogP contribution in [0.15, 0.2) is 0 Å². The van der Waals surface area contributed by atoms with Crippen molar-refractivity contribution in [1.29, 1.82) is 0 Å². The van der Waals surface area contributed by atoms with Gasteiger partial charge in [-0.25, -0.2) is 0 Å². The summed E-state index contributed by atoms with van der Waals surface area (Å²) in [5, 5.41) is 0. The van der Waals surface area contributed by atoms with Crippen LogP contribution in [0.2, 0.25) is 0 Å². The minimum atomic E-state index is 0.822. The number of hydrogen-bond acceptors (Lipinski definition) is 3. The summed E-state index contributed by atoms with van der Waals surface area (Å²) in [5.74, 6) is 0. The van der Waals surface area contributed by atoms with Gasteiger partial charge in [-0.3, -0.25) is 0 Å². The van der Waals surface area contributed by atoms with Crippen LogP contribution in [0.3, 0.4) is 0 Å². The molecular formula is C10H24N2O. The van der Waals surface area contributed by atoms with E-state index in [2.05, 4.69) is 30.8 Å². The maximum atomic E-state index is 5.28. The zero-order chi connectivity index (χ0) is 10.1. The Labute approximate surface area is 82.7 Å². The molecule has 0 bridgehead atoms. The van der Waals surface area contributed by atoms with Crippen molar-refractivity contribution < 1.29 is 4.74 Å². The Kier molecular flexibility index (Phi) is 8.40. The summed E-state index contributed by atoms with van der Waals surface area (Å²) < 4.78 is 5.28. The second kappa shape index (κ2) is 8.48. The van der Waals surface area contributed by atoms with Crippen LogP contribution in [0, 0.1) is 0 Å². The molecule has 0 rings (SSSR count). The van der Waals surface area contributed by atoms with Crippen LogP contribution in [-0.2, 0) is 4.74 Å². The van der Waals surface area contributed by atoms with Gasteiger partial charge in [-0.1, -0.05) is 6.92 Å². The van der Waals surface area contributed by atoms with Gasteiger partial charge >= 0.3 is 0 Å². The van der Waals surface area contributed by atoms with Crippen molar-refractivity contribution in [3.63, 3.8) is 0 Å². The summed E-state index contributed by atoms with van der Waals surface area (Å²) in [6, 6.07) is 0. The summed E-state index contributed by atoms with van der Waals surface area (Å²) in [5.41, 5.74) is 0. The molecule has 0 unspecified atom stereocenters. The maximum absolute atomic E-state index is 5.28.